The normalized spacial score (nSPS) is 19.2. The zero-order valence-corrected chi connectivity index (χ0v) is 9.55. The van der Waals surface area contributed by atoms with Gasteiger partial charge in [0, 0.05) is 12.3 Å². The van der Waals surface area contributed by atoms with E-state index in [1.165, 1.54) is 6.07 Å². The minimum atomic E-state index is -1.09. The van der Waals surface area contributed by atoms with E-state index < -0.39 is 5.97 Å². The van der Waals surface area contributed by atoms with Gasteiger partial charge >= 0.3 is 12.0 Å². The standard InChI is InChI=1S/C11H14N2O4/c1-7-5-9(10(14)15)13-11(12-7)17-6-8-3-2-4-16-8/h5,8H,2-4,6H2,1H3,(H,14,15). The van der Waals surface area contributed by atoms with Crippen molar-refractivity contribution < 1.29 is 19.4 Å². The van der Waals surface area contributed by atoms with E-state index in [-0.39, 0.29) is 17.8 Å². The summed E-state index contributed by atoms with van der Waals surface area (Å²) < 4.78 is 10.7. The number of carboxylic acid groups (broad SMARTS) is 1. The van der Waals surface area contributed by atoms with E-state index in [2.05, 4.69) is 9.97 Å². The lowest BCUT2D eigenvalue weighted by atomic mass is 10.2. The van der Waals surface area contributed by atoms with Crippen LogP contribution in [0.2, 0.25) is 0 Å². The monoisotopic (exact) mass is 238 g/mol. The maximum atomic E-state index is 10.8. The fourth-order valence-corrected chi connectivity index (χ4v) is 1.66. The van der Waals surface area contributed by atoms with Gasteiger partial charge in [-0.25, -0.2) is 9.78 Å². The predicted molar refractivity (Wildman–Crippen MR) is 58.2 cm³/mol. The summed E-state index contributed by atoms with van der Waals surface area (Å²) >= 11 is 0. The number of hydrogen-bond donors (Lipinski definition) is 1. The highest BCUT2D eigenvalue weighted by molar-refractivity contribution is 5.85. The van der Waals surface area contributed by atoms with Crippen LogP contribution in [-0.2, 0) is 4.74 Å². The Hall–Kier alpha value is -1.69. The fraction of sp³-hybridized carbons (Fsp3) is 0.545. The Morgan fingerprint density at radius 1 is 1.65 bits per heavy atom. The Labute approximate surface area is 98.6 Å². The van der Waals surface area contributed by atoms with Gasteiger partial charge < -0.3 is 14.6 Å². The second-order valence-electron chi connectivity index (χ2n) is 3.93. The smallest absolute Gasteiger partial charge is 0.354 e. The van der Waals surface area contributed by atoms with E-state index in [0.717, 1.165) is 19.4 Å². The first-order valence-electron chi connectivity index (χ1n) is 5.48. The van der Waals surface area contributed by atoms with Crippen molar-refractivity contribution >= 4 is 5.97 Å². The van der Waals surface area contributed by atoms with Gasteiger partial charge in [-0.05, 0) is 25.8 Å². The van der Waals surface area contributed by atoms with Gasteiger partial charge in [0.05, 0.1) is 6.10 Å². The zero-order valence-electron chi connectivity index (χ0n) is 9.55. The summed E-state index contributed by atoms with van der Waals surface area (Å²) in [6.07, 6.45) is 2.05. The zero-order chi connectivity index (χ0) is 12.3. The molecule has 1 aliphatic rings. The number of aryl methyl sites for hydroxylation is 1. The summed E-state index contributed by atoms with van der Waals surface area (Å²) in [7, 11) is 0. The summed E-state index contributed by atoms with van der Waals surface area (Å²) in [5.74, 6) is -1.09. The Bertz CT molecular complexity index is 416. The SMILES string of the molecule is Cc1cc(C(=O)O)nc(OCC2CCCO2)n1. The van der Waals surface area contributed by atoms with Gasteiger partial charge in [-0.2, -0.15) is 4.98 Å². The molecule has 6 nitrogen and oxygen atoms in total. The molecule has 1 aliphatic heterocycles. The second kappa shape index (κ2) is 5.09. The fourth-order valence-electron chi connectivity index (χ4n) is 1.66. The largest absolute Gasteiger partial charge is 0.477 e. The van der Waals surface area contributed by atoms with Gasteiger partial charge in [0.2, 0.25) is 0 Å². The van der Waals surface area contributed by atoms with Crippen LogP contribution in [0.15, 0.2) is 6.07 Å². The molecule has 0 aromatic carbocycles. The lowest BCUT2D eigenvalue weighted by molar-refractivity contribution is 0.0632. The first kappa shape index (κ1) is 11.8. The molecule has 2 heterocycles. The molecule has 6 heteroatoms. The molecule has 17 heavy (non-hydrogen) atoms. The number of aromatic nitrogens is 2. The lowest BCUT2D eigenvalue weighted by Gasteiger charge is -2.10. The van der Waals surface area contributed by atoms with Crippen LogP contribution in [-0.4, -0.2) is 40.4 Å². The van der Waals surface area contributed by atoms with Gasteiger partial charge in [0.25, 0.3) is 0 Å². The van der Waals surface area contributed by atoms with Crippen LogP contribution >= 0.6 is 0 Å². The molecule has 1 saturated heterocycles. The number of ether oxygens (including phenoxy) is 2. The van der Waals surface area contributed by atoms with E-state index in [1.54, 1.807) is 6.92 Å². The number of aromatic carboxylic acids is 1. The number of nitrogens with zero attached hydrogens (tertiary/aromatic N) is 2. The quantitative estimate of drug-likeness (QED) is 0.844. The van der Waals surface area contributed by atoms with Crippen LogP contribution < -0.4 is 4.74 Å². The molecule has 92 valence electrons. The summed E-state index contributed by atoms with van der Waals surface area (Å²) in [5.41, 5.74) is 0.514. The molecule has 1 aromatic rings. The number of carboxylic acids is 1. The molecular weight excluding hydrogens is 224 g/mol. The lowest BCUT2D eigenvalue weighted by Crippen LogP contribution is -2.18. The Balaban J connectivity index is 2.01. The van der Waals surface area contributed by atoms with Gasteiger partial charge in [-0.1, -0.05) is 0 Å². The van der Waals surface area contributed by atoms with Crippen molar-refractivity contribution in [2.75, 3.05) is 13.2 Å². The average Bonchev–Trinajstić information content (AvgIpc) is 2.78. The predicted octanol–water partition coefficient (Wildman–Crippen LogP) is 1.04. The second-order valence-corrected chi connectivity index (χ2v) is 3.93. The number of carbonyl (C=O) groups is 1. The molecule has 1 N–H and O–H groups in total. The molecule has 1 unspecified atom stereocenters. The number of rotatable bonds is 4. The minimum Gasteiger partial charge on any atom is -0.477 e. The van der Waals surface area contributed by atoms with E-state index >= 15 is 0 Å². The van der Waals surface area contributed by atoms with Crippen LogP contribution in [0.3, 0.4) is 0 Å². The maximum absolute atomic E-state index is 10.8. The van der Waals surface area contributed by atoms with E-state index in [4.69, 9.17) is 14.6 Å². The third-order valence-corrected chi connectivity index (χ3v) is 2.48. The van der Waals surface area contributed by atoms with Gasteiger partial charge in [-0.3, -0.25) is 0 Å². The van der Waals surface area contributed by atoms with Crippen molar-refractivity contribution in [1.29, 1.82) is 0 Å². The maximum Gasteiger partial charge on any atom is 0.354 e. The summed E-state index contributed by atoms with van der Waals surface area (Å²) in [6, 6.07) is 1.50. The highest BCUT2D eigenvalue weighted by Crippen LogP contribution is 2.14. The van der Waals surface area contributed by atoms with Crippen molar-refractivity contribution in [3.05, 3.63) is 17.5 Å². The summed E-state index contributed by atoms with van der Waals surface area (Å²) in [5, 5.41) is 8.84. The van der Waals surface area contributed by atoms with Crippen LogP contribution in [0.1, 0.15) is 29.0 Å². The van der Waals surface area contributed by atoms with Crippen LogP contribution in [0, 0.1) is 6.92 Å². The van der Waals surface area contributed by atoms with E-state index in [1.807, 2.05) is 0 Å². The number of hydrogen-bond acceptors (Lipinski definition) is 5. The van der Waals surface area contributed by atoms with Crippen molar-refractivity contribution in [2.24, 2.45) is 0 Å². The topological polar surface area (TPSA) is 81.5 Å². The molecule has 0 amide bonds. The third kappa shape index (κ3) is 3.13. The highest BCUT2D eigenvalue weighted by Gasteiger charge is 2.17. The summed E-state index contributed by atoms with van der Waals surface area (Å²) in [4.78, 5) is 18.6. The van der Waals surface area contributed by atoms with Gasteiger partial charge in [0.15, 0.2) is 5.69 Å². The van der Waals surface area contributed by atoms with Crippen molar-refractivity contribution in [1.82, 2.24) is 9.97 Å². The average molecular weight is 238 g/mol. The van der Waals surface area contributed by atoms with Crippen molar-refractivity contribution in [3.8, 4) is 6.01 Å². The van der Waals surface area contributed by atoms with Crippen molar-refractivity contribution in [2.45, 2.75) is 25.9 Å². The Kier molecular flexibility index (Phi) is 3.53. The highest BCUT2D eigenvalue weighted by atomic mass is 16.5. The first-order valence-corrected chi connectivity index (χ1v) is 5.48. The van der Waals surface area contributed by atoms with E-state index in [0.29, 0.717) is 12.3 Å². The molecule has 1 atom stereocenters. The molecule has 0 saturated carbocycles. The minimum absolute atomic E-state index is 0.0557. The Morgan fingerprint density at radius 3 is 3.12 bits per heavy atom. The first-order chi connectivity index (χ1) is 8.15. The molecule has 0 bridgehead atoms. The van der Waals surface area contributed by atoms with Crippen LogP contribution in [0.5, 0.6) is 6.01 Å². The van der Waals surface area contributed by atoms with Crippen molar-refractivity contribution in [3.63, 3.8) is 0 Å². The third-order valence-electron chi connectivity index (χ3n) is 2.48. The van der Waals surface area contributed by atoms with Gasteiger partial charge in [0.1, 0.15) is 6.61 Å². The Morgan fingerprint density at radius 2 is 2.47 bits per heavy atom. The molecule has 0 radical (unpaired) electrons. The molecule has 1 aromatic heterocycles. The molecule has 2 rings (SSSR count). The van der Waals surface area contributed by atoms with E-state index in [9.17, 15) is 4.79 Å². The molecule has 0 aliphatic carbocycles. The summed E-state index contributed by atoms with van der Waals surface area (Å²) in [6.45, 7) is 2.82. The molecule has 0 spiro atoms. The van der Waals surface area contributed by atoms with Crippen LogP contribution in [0.4, 0.5) is 0 Å². The molecular formula is C11H14N2O4. The van der Waals surface area contributed by atoms with Gasteiger partial charge in [-0.15, -0.1) is 0 Å². The van der Waals surface area contributed by atoms with Crippen LogP contribution in [0.25, 0.3) is 0 Å². The molecule has 1 fully saturated rings.